The number of nitrogens with zero attached hydrogens (tertiary/aromatic N) is 2. The van der Waals surface area contributed by atoms with Crippen LogP contribution in [0, 0.1) is 11.8 Å². The zero-order valence-corrected chi connectivity index (χ0v) is 43.8. The van der Waals surface area contributed by atoms with Gasteiger partial charge in [0.05, 0.1) is 13.0 Å². The van der Waals surface area contributed by atoms with Crippen LogP contribution in [0.25, 0.3) is 0 Å². The second kappa shape index (κ2) is 29.0. The molecule has 1 aliphatic carbocycles. The number of hydrogen-bond donors (Lipinski definition) is 11. The SMILES string of the molecule is CC[C@H](C)[C@H]1NC(=O)CC2(CCCCC2)SSC[C@@H](C(=O)N2CCC[C@H]2C(=O)N[C@@H](CCCN=C(N)N)C(=O)NCC(N)=O)NC(=O)[C@H](CC(N)=O)NC(=O)[C@H](C(C)C)NC(=O)[C@H](Cc2ccccc2)NC1=O. The molecule has 10 amide bonds. The highest BCUT2D eigenvalue weighted by atomic mass is 33.1. The zero-order valence-electron chi connectivity index (χ0n) is 42.2. The Hall–Kier alpha value is -6.11. The largest absolute Gasteiger partial charge is 0.370 e. The van der Waals surface area contributed by atoms with E-state index in [4.69, 9.17) is 22.9 Å². The van der Waals surface area contributed by atoms with E-state index in [-0.39, 0.29) is 68.7 Å². The summed E-state index contributed by atoms with van der Waals surface area (Å²) in [4.78, 5) is 143. The standard InChI is InChI=1S/C48H75N13O10S2/c1-5-28(4)39-45(70)56-31(22-29-14-8-6-9-15-29)42(67)60-38(27(2)3)44(69)57-32(23-35(49)62)41(66)58-33(26-72-73-48(24-37(64)59-39)18-10-7-11-19-48)46(71)61-21-13-17-34(61)43(68)55-30(16-12-20-53-47(51)52)40(65)54-25-36(50)63/h6,8-9,14-15,27-28,30-34,38-39H,5,7,10-13,16-26H2,1-4H3,(H2,49,62)(H2,50,63)(H,54,65)(H,55,68)(H,56,70)(H,57,69)(H,58,66)(H,59,64)(H,60,67)(H4,51,52,53)/t28-,30-,31-,32-,33-,34-,38-,39+/m0/s1. The molecule has 1 saturated carbocycles. The number of nitrogens with one attached hydrogen (secondary N) is 7. The average molecular weight is 1060 g/mol. The summed E-state index contributed by atoms with van der Waals surface area (Å²) in [5.41, 5.74) is 22.5. The molecule has 3 aliphatic rings. The summed E-state index contributed by atoms with van der Waals surface area (Å²) in [6.07, 6.45) is 4.51. The number of benzene rings is 1. The molecule has 15 N–H and O–H groups in total. The van der Waals surface area contributed by atoms with E-state index in [1.54, 1.807) is 44.2 Å². The number of guanidine groups is 1. The summed E-state index contributed by atoms with van der Waals surface area (Å²) < 4.78 is -0.659. The van der Waals surface area contributed by atoms with Crippen molar-refractivity contribution < 1.29 is 47.9 Å². The molecule has 73 heavy (non-hydrogen) atoms. The maximum Gasteiger partial charge on any atom is 0.246 e. The molecule has 0 aromatic heterocycles. The molecule has 0 unspecified atom stereocenters. The number of hydrogen-bond acceptors (Lipinski definition) is 13. The van der Waals surface area contributed by atoms with E-state index in [0.29, 0.717) is 31.2 Å². The Morgan fingerprint density at radius 3 is 2.10 bits per heavy atom. The van der Waals surface area contributed by atoms with Gasteiger partial charge in [-0.1, -0.05) is 105 Å². The number of rotatable bonds is 17. The van der Waals surface area contributed by atoms with Crippen LogP contribution in [0.2, 0.25) is 0 Å². The highest BCUT2D eigenvalue weighted by Gasteiger charge is 2.43. The number of nitrogens with two attached hydrogens (primary N) is 4. The highest BCUT2D eigenvalue weighted by Crippen LogP contribution is 2.48. The first-order chi connectivity index (χ1) is 34.6. The van der Waals surface area contributed by atoms with Gasteiger partial charge in [-0.3, -0.25) is 52.9 Å². The van der Waals surface area contributed by atoms with E-state index in [1.807, 2.05) is 13.8 Å². The van der Waals surface area contributed by atoms with Gasteiger partial charge >= 0.3 is 0 Å². The van der Waals surface area contributed by atoms with Crippen LogP contribution in [0.5, 0.6) is 0 Å². The third-order valence-electron chi connectivity index (χ3n) is 13.2. The van der Waals surface area contributed by atoms with E-state index in [1.165, 1.54) is 26.5 Å². The number of amides is 10. The van der Waals surface area contributed by atoms with Crippen molar-refractivity contribution in [2.45, 2.75) is 158 Å². The number of primary amides is 2. The van der Waals surface area contributed by atoms with Gasteiger partial charge in [0.2, 0.25) is 59.1 Å². The molecule has 0 bridgehead atoms. The minimum atomic E-state index is -1.64. The Bertz CT molecular complexity index is 2160. The van der Waals surface area contributed by atoms with Crippen molar-refractivity contribution in [3.8, 4) is 0 Å². The van der Waals surface area contributed by atoms with Crippen molar-refractivity contribution in [2.24, 2.45) is 39.8 Å². The predicted octanol–water partition coefficient (Wildman–Crippen LogP) is -1.15. The fourth-order valence-corrected chi connectivity index (χ4v) is 12.4. The van der Waals surface area contributed by atoms with Crippen molar-refractivity contribution in [1.29, 1.82) is 0 Å². The molecule has 2 aliphatic heterocycles. The van der Waals surface area contributed by atoms with E-state index in [0.717, 1.165) is 19.3 Å². The molecule has 23 nitrogen and oxygen atoms in total. The lowest BCUT2D eigenvalue weighted by molar-refractivity contribution is -0.142. The van der Waals surface area contributed by atoms with Crippen molar-refractivity contribution in [3.05, 3.63) is 35.9 Å². The summed E-state index contributed by atoms with van der Waals surface area (Å²) in [7, 11) is 2.62. The summed E-state index contributed by atoms with van der Waals surface area (Å²) in [6.45, 7) is 6.74. The third kappa shape index (κ3) is 18.7. The minimum absolute atomic E-state index is 0.0150. The summed E-state index contributed by atoms with van der Waals surface area (Å²) in [6, 6.07) is 0.0709. The average Bonchev–Trinajstić information content (AvgIpc) is 3.84. The Balaban J connectivity index is 1.73. The quantitative estimate of drug-likeness (QED) is 0.0380. The van der Waals surface area contributed by atoms with Crippen LogP contribution in [0.4, 0.5) is 0 Å². The third-order valence-corrected chi connectivity index (χ3v) is 16.5. The van der Waals surface area contributed by atoms with Gasteiger partial charge < -0.3 is 65.1 Å². The smallest absolute Gasteiger partial charge is 0.246 e. The first kappa shape index (κ1) is 59.5. The Labute approximate surface area is 434 Å². The van der Waals surface area contributed by atoms with Crippen LogP contribution in [-0.2, 0) is 54.4 Å². The van der Waals surface area contributed by atoms with Crippen molar-refractivity contribution in [3.63, 3.8) is 0 Å². The molecular weight excluding hydrogens is 983 g/mol. The van der Waals surface area contributed by atoms with Gasteiger partial charge in [0.1, 0.15) is 42.3 Å². The predicted molar refractivity (Wildman–Crippen MR) is 277 cm³/mol. The Morgan fingerprint density at radius 2 is 1.47 bits per heavy atom. The molecule has 1 spiro atoms. The fraction of sp³-hybridized carbons (Fsp3) is 0.646. The number of likely N-dealkylation sites (tertiary alicyclic amines) is 1. The maximum atomic E-state index is 14.8. The first-order valence-electron chi connectivity index (χ1n) is 25.0. The van der Waals surface area contributed by atoms with E-state index >= 15 is 0 Å². The van der Waals surface area contributed by atoms with Crippen molar-refractivity contribution >= 4 is 86.6 Å². The topological polar surface area (TPSA) is 375 Å². The lowest BCUT2D eigenvalue weighted by Gasteiger charge is -2.37. The van der Waals surface area contributed by atoms with Gasteiger partial charge in [0, 0.05) is 36.4 Å². The molecule has 3 fully saturated rings. The van der Waals surface area contributed by atoms with E-state index < -0.39 is 119 Å². The molecule has 1 aromatic rings. The molecule has 0 radical (unpaired) electrons. The summed E-state index contributed by atoms with van der Waals surface area (Å²) in [5.74, 6) is -8.57. The molecule has 4 rings (SSSR count). The van der Waals surface area contributed by atoms with E-state index in [2.05, 4.69) is 42.2 Å². The van der Waals surface area contributed by atoms with Gasteiger partial charge in [0.25, 0.3) is 0 Å². The monoisotopic (exact) mass is 1060 g/mol. The second-order valence-corrected chi connectivity index (χ2v) is 22.2. The van der Waals surface area contributed by atoms with Crippen LogP contribution in [0.15, 0.2) is 35.3 Å². The van der Waals surface area contributed by atoms with Crippen LogP contribution in [-0.4, -0.2) is 142 Å². The van der Waals surface area contributed by atoms with Gasteiger partial charge in [-0.25, -0.2) is 0 Å². The van der Waals surface area contributed by atoms with Gasteiger partial charge in [-0.2, -0.15) is 0 Å². The number of aliphatic imine (C=N–C) groups is 1. The molecular formula is C48H75N13O10S2. The van der Waals surface area contributed by atoms with Gasteiger partial charge in [0.15, 0.2) is 5.96 Å². The van der Waals surface area contributed by atoms with Crippen LogP contribution in [0.1, 0.15) is 110 Å². The molecule has 404 valence electrons. The number of carbonyl (C=O) groups excluding carboxylic acids is 10. The maximum absolute atomic E-state index is 14.8. The second-order valence-electron chi connectivity index (χ2n) is 19.4. The van der Waals surface area contributed by atoms with Crippen LogP contribution >= 0.6 is 21.6 Å². The first-order valence-corrected chi connectivity index (χ1v) is 27.3. The summed E-state index contributed by atoms with van der Waals surface area (Å²) >= 11 is 0. The van der Waals surface area contributed by atoms with Crippen molar-refractivity contribution in [1.82, 2.24) is 42.1 Å². The molecule has 1 aromatic carbocycles. The molecule has 2 saturated heterocycles. The Kier molecular flexibility index (Phi) is 23.6. The molecule has 2 heterocycles. The lowest BCUT2D eigenvalue weighted by atomic mass is 9.85. The number of carbonyl (C=O) groups is 10. The highest BCUT2D eigenvalue weighted by molar-refractivity contribution is 8.77. The van der Waals surface area contributed by atoms with E-state index in [9.17, 15) is 47.9 Å². The van der Waals surface area contributed by atoms with Crippen LogP contribution < -0.4 is 60.2 Å². The summed E-state index contributed by atoms with van der Waals surface area (Å²) in [5, 5.41) is 18.9. The molecule has 8 atom stereocenters. The minimum Gasteiger partial charge on any atom is -0.370 e. The zero-order chi connectivity index (χ0) is 53.8. The van der Waals surface area contributed by atoms with Gasteiger partial charge in [-0.15, -0.1) is 0 Å². The van der Waals surface area contributed by atoms with Crippen molar-refractivity contribution in [2.75, 3.05) is 25.4 Å². The Morgan fingerprint density at radius 1 is 0.808 bits per heavy atom. The van der Waals surface area contributed by atoms with Crippen LogP contribution in [0.3, 0.4) is 0 Å². The fourth-order valence-electron chi connectivity index (χ4n) is 9.00. The van der Waals surface area contributed by atoms with Gasteiger partial charge in [-0.05, 0) is 55.9 Å². The molecule has 25 heteroatoms. The normalized spacial score (nSPS) is 24.3. The lowest BCUT2D eigenvalue weighted by Crippen LogP contribution is -2.62.